The summed E-state index contributed by atoms with van der Waals surface area (Å²) in [4.78, 5) is 2.37. The van der Waals surface area contributed by atoms with E-state index in [1.54, 1.807) is 30.3 Å². The smallest absolute Gasteiger partial charge is 0.240 e. The van der Waals surface area contributed by atoms with Crippen molar-refractivity contribution in [3.8, 4) is 0 Å². The maximum Gasteiger partial charge on any atom is 0.240 e. The Morgan fingerprint density at radius 2 is 1.24 bits per heavy atom. The van der Waals surface area contributed by atoms with Gasteiger partial charge >= 0.3 is 0 Å². The first kappa shape index (κ1) is 24.6. The van der Waals surface area contributed by atoms with Gasteiger partial charge in [0.2, 0.25) is 20.0 Å². The van der Waals surface area contributed by atoms with Crippen LogP contribution in [0.5, 0.6) is 0 Å². The van der Waals surface area contributed by atoms with Crippen molar-refractivity contribution >= 4 is 20.0 Å². The van der Waals surface area contributed by atoms with Crippen LogP contribution in [0.25, 0.3) is 0 Å². The van der Waals surface area contributed by atoms with Crippen LogP contribution in [0.3, 0.4) is 0 Å². The molecule has 3 aromatic carbocycles. The molecule has 0 saturated carbocycles. The molecular formula is C25H29N3O4S2. The molecular weight excluding hydrogens is 470 g/mol. The fraction of sp³-hybridized carbons (Fsp3) is 0.280. The van der Waals surface area contributed by atoms with E-state index in [4.69, 9.17) is 0 Å². The highest BCUT2D eigenvalue weighted by Crippen LogP contribution is 2.24. The molecule has 1 aliphatic heterocycles. The van der Waals surface area contributed by atoms with Crippen molar-refractivity contribution in [2.75, 3.05) is 32.7 Å². The van der Waals surface area contributed by atoms with Crippen LogP contribution in [0, 0.1) is 0 Å². The standard InChI is InChI=1S/C25H29N3O4S2/c29-33(30,21-22-10-4-1-5-11-22)28-18-16-27(17-19-28)25(23-12-6-2-7-13-23)20-26-34(31,32)24-14-8-3-9-15-24/h1-15,25-26H,16-21H2. The van der Waals surface area contributed by atoms with Crippen LogP contribution in [0.1, 0.15) is 17.2 Å². The third-order valence-corrected chi connectivity index (χ3v) is 9.29. The van der Waals surface area contributed by atoms with E-state index in [1.165, 1.54) is 4.31 Å². The van der Waals surface area contributed by atoms with E-state index in [0.29, 0.717) is 26.2 Å². The summed E-state index contributed by atoms with van der Waals surface area (Å²) in [5.41, 5.74) is 1.75. The SMILES string of the molecule is O=S(=O)(NCC(c1ccccc1)N1CCN(S(=O)(=O)Cc2ccccc2)CC1)c1ccccc1. The van der Waals surface area contributed by atoms with Crippen LogP contribution in [0.2, 0.25) is 0 Å². The first-order valence-electron chi connectivity index (χ1n) is 11.2. The van der Waals surface area contributed by atoms with Gasteiger partial charge in [-0.05, 0) is 23.3 Å². The van der Waals surface area contributed by atoms with Crippen molar-refractivity contribution in [1.29, 1.82) is 0 Å². The molecule has 1 aliphatic rings. The Labute approximate surface area is 202 Å². The lowest BCUT2D eigenvalue weighted by Gasteiger charge is -2.39. The fourth-order valence-corrected chi connectivity index (χ4v) is 6.75. The lowest BCUT2D eigenvalue weighted by atomic mass is 10.0. The van der Waals surface area contributed by atoms with Gasteiger partial charge < -0.3 is 0 Å². The Bertz CT molecular complexity index is 1260. The highest BCUT2D eigenvalue weighted by Gasteiger charge is 2.31. The maximum atomic E-state index is 12.9. The van der Waals surface area contributed by atoms with E-state index in [0.717, 1.165) is 11.1 Å². The van der Waals surface area contributed by atoms with Crippen molar-refractivity contribution in [2.45, 2.75) is 16.7 Å². The molecule has 0 bridgehead atoms. The minimum atomic E-state index is -3.65. The molecule has 0 spiro atoms. The van der Waals surface area contributed by atoms with E-state index in [2.05, 4.69) is 9.62 Å². The van der Waals surface area contributed by atoms with Crippen LogP contribution in [-0.4, -0.2) is 58.8 Å². The second-order valence-electron chi connectivity index (χ2n) is 8.27. The third kappa shape index (κ3) is 6.11. The number of piperazine rings is 1. The molecule has 1 heterocycles. The summed E-state index contributed by atoms with van der Waals surface area (Å²) in [6.07, 6.45) is 0. The zero-order valence-electron chi connectivity index (χ0n) is 18.8. The monoisotopic (exact) mass is 499 g/mol. The minimum absolute atomic E-state index is 0.0210. The Morgan fingerprint density at radius 1 is 0.706 bits per heavy atom. The second-order valence-corrected chi connectivity index (χ2v) is 12.0. The van der Waals surface area contributed by atoms with Crippen molar-refractivity contribution in [1.82, 2.24) is 13.9 Å². The summed E-state index contributed by atoms with van der Waals surface area (Å²) in [6, 6.07) is 27.0. The number of nitrogens with one attached hydrogen (secondary N) is 1. The van der Waals surface area contributed by atoms with Gasteiger partial charge in [-0.15, -0.1) is 0 Å². The fourth-order valence-electron chi connectivity index (χ4n) is 4.17. The molecule has 1 N–H and O–H groups in total. The van der Waals surface area contributed by atoms with E-state index < -0.39 is 20.0 Å². The second kappa shape index (κ2) is 10.8. The minimum Gasteiger partial charge on any atom is -0.292 e. The molecule has 1 fully saturated rings. The molecule has 7 nitrogen and oxygen atoms in total. The van der Waals surface area contributed by atoms with Crippen molar-refractivity contribution in [2.24, 2.45) is 0 Å². The number of rotatable bonds is 9. The molecule has 34 heavy (non-hydrogen) atoms. The first-order chi connectivity index (χ1) is 16.4. The molecule has 1 atom stereocenters. The van der Waals surface area contributed by atoms with Gasteiger partial charge in [-0.1, -0.05) is 78.9 Å². The van der Waals surface area contributed by atoms with Crippen molar-refractivity contribution < 1.29 is 16.8 Å². The van der Waals surface area contributed by atoms with E-state index in [1.807, 2.05) is 60.7 Å². The van der Waals surface area contributed by atoms with Crippen molar-refractivity contribution in [3.05, 3.63) is 102 Å². The van der Waals surface area contributed by atoms with E-state index in [-0.39, 0.29) is 23.2 Å². The lowest BCUT2D eigenvalue weighted by Crippen LogP contribution is -2.51. The Kier molecular flexibility index (Phi) is 7.80. The third-order valence-electron chi connectivity index (χ3n) is 6.00. The topological polar surface area (TPSA) is 86.8 Å². The summed E-state index contributed by atoms with van der Waals surface area (Å²) in [5, 5.41) is 0. The van der Waals surface area contributed by atoms with E-state index >= 15 is 0 Å². The Balaban J connectivity index is 1.45. The summed E-state index contributed by atoms with van der Waals surface area (Å²) >= 11 is 0. The predicted octanol–water partition coefficient (Wildman–Crippen LogP) is 2.85. The molecule has 0 aromatic heterocycles. The molecule has 4 rings (SSSR count). The quantitative estimate of drug-likeness (QED) is 0.489. The molecule has 1 saturated heterocycles. The van der Waals surface area contributed by atoms with Gasteiger partial charge in [0, 0.05) is 38.8 Å². The average molecular weight is 500 g/mol. The van der Waals surface area contributed by atoms with Crippen LogP contribution in [-0.2, 0) is 25.8 Å². The summed E-state index contributed by atoms with van der Waals surface area (Å²) in [5.74, 6) is -0.0210. The maximum absolute atomic E-state index is 12.9. The zero-order valence-corrected chi connectivity index (χ0v) is 20.5. The highest BCUT2D eigenvalue weighted by atomic mass is 32.2. The Morgan fingerprint density at radius 3 is 1.82 bits per heavy atom. The number of hydrogen-bond acceptors (Lipinski definition) is 5. The summed E-state index contributed by atoms with van der Waals surface area (Å²) in [7, 11) is -7.08. The van der Waals surface area contributed by atoms with Crippen LogP contribution >= 0.6 is 0 Å². The highest BCUT2D eigenvalue weighted by molar-refractivity contribution is 7.89. The molecule has 0 radical (unpaired) electrons. The van der Waals surface area contributed by atoms with Crippen LogP contribution < -0.4 is 4.72 Å². The van der Waals surface area contributed by atoms with E-state index in [9.17, 15) is 16.8 Å². The molecule has 3 aromatic rings. The zero-order chi connectivity index (χ0) is 24.0. The molecule has 0 aliphatic carbocycles. The molecule has 0 amide bonds. The first-order valence-corrected chi connectivity index (χ1v) is 14.3. The number of nitrogens with zero attached hydrogens (tertiary/aromatic N) is 2. The largest absolute Gasteiger partial charge is 0.292 e. The normalized spacial score (nSPS) is 16.8. The summed E-state index contributed by atoms with van der Waals surface area (Å²) < 4.78 is 55.7. The number of hydrogen-bond donors (Lipinski definition) is 1. The van der Waals surface area contributed by atoms with Gasteiger partial charge in [0.15, 0.2) is 0 Å². The lowest BCUT2D eigenvalue weighted by molar-refractivity contribution is 0.138. The van der Waals surface area contributed by atoms with Gasteiger partial charge in [-0.3, -0.25) is 4.90 Å². The molecule has 1 unspecified atom stereocenters. The summed E-state index contributed by atoms with van der Waals surface area (Å²) in [6.45, 7) is 1.95. The van der Waals surface area contributed by atoms with Gasteiger partial charge in [0.1, 0.15) is 0 Å². The number of benzene rings is 3. The molecule has 9 heteroatoms. The average Bonchev–Trinajstić information content (AvgIpc) is 2.86. The van der Waals surface area contributed by atoms with Crippen LogP contribution in [0.15, 0.2) is 95.9 Å². The predicted molar refractivity (Wildman–Crippen MR) is 133 cm³/mol. The number of sulfonamides is 2. The van der Waals surface area contributed by atoms with Gasteiger partial charge in [-0.2, -0.15) is 4.31 Å². The van der Waals surface area contributed by atoms with Crippen LogP contribution in [0.4, 0.5) is 0 Å². The Hall–Kier alpha value is -2.56. The van der Waals surface area contributed by atoms with Gasteiger partial charge in [0.25, 0.3) is 0 Å². The molecule has 180 valence electrons. The van der Waals surface area contributed by atoms with Crippen molar-refractivity contribution in [3.63, 3.8) is 0 Å². The van der Waals surface area contributed by atoms with Gasteiger partial charge in [-0.25, -0.2) is 21.6 Å². The van der Waals surface area contributed by atoms with Gasteiger partial charge in [0.05, 0.1) is 10.6 Å².